The molecule has 1 fully saturated rings. The average molecular weight is 261 g/mol. The fourth-order valence-corrected chi connectivity index (χ4v) is 2.53. The highest BCUT2D eigenvalue weighted by Gasteiger charge is 2.34. The normalized spacial score (nSPS) is 22.3. The van der Waals surface area contributed by atoms with Gasteiger partial charge in [-0.3, -0.25) is 10.1 Å². The highest BCUT2D eigenvalue weighted by atomic mass is 16.6. The molecule has 7 nitrogen and oxygen atoms in total. The monoisotopic (exact) mass is 261 g/mol. The quantitative estimate of drug-likeness (QED) is 0.643. The first-order valence-corrected chi connectivity index (χ1v) is 6.08. The van der Waals surface area contributed by atoms with Gasteiger partial charge in [0.15, 0.2) is 0 Å². The van der Waals surface area contributed by atoms with Gasteiger partial charge >= 0.3 is 5.69 Å². The van der Waals surface area contributed by atoms with E-state index in [1.165, 1.54) is 12.3 Å². The Balaban J connectivity index is 2.46. The minimum Gasteiger partial charge on any atom is -0.348 e. The highest BCUT2D eigenvalue weighted by molar-refractivity contribution is 5.66. The smallest absolute Gasteiger partial charge is 0.329 e. The summed E-state index contributed by atoms with van der Waals surface area (Å²) in [5.74, 6) is 0.578. The molecule has 2 rings (SSSR count). The topological polar surface area (TPSA) is 109 Å². The molecular weight excluding hydrogens is 246 g/mol. The van der Waals surface area contributed by atoms with Gasteiger partial charge < -0.3 is 10.6 Å². The van der Waals surface area contributed by atoms with Crippen LogP contribution in [0.1, 0.15) is 18.9 Å². The lowest BCUT2D eigenvalue weighted by atomic mass is 10.1. The molecule has 19 heavy (non-hydrogen) atoms. The van der Waals surface area contributed by atoms with E-state index in [2.05, 4.69) is 4.98 Å². The first-order valence-electron chi connectivity index (χ1n) is 6.08. The molecule has 0 saturated carbocycles. The predicted molar refractivity (Wildman–Crippen MR) is 69.6 cm³/mol. The summed E-state index contributed by atoms with van der Waals surface area (Å²) in [7, 11) is 0. The van der Waals surface area contributed by atoms with E-state index in [1.54, 1.807) is 0 Å². The van der Waals surface area contributed by atoms with Crippen LogP contribution in [0.3, 0.4) is 0 Å². The van der Waals surface area contributed by atoms with E-state index in [9.17, 15) is 10.1 Å². The molecule has 2 unspecified atom stereocenters. The summed E-state index contributed by atoms with van der Waals surface area (Å²) in [4.78, 5) is 16.6. The Bertz CT molecular complexity index is 539. The first-order chi connectivity index (χ1) is 9.08. The molecule has 0 amide bonds. The summed E-state index contributed by atoms with van der Waals surface area (Å²) in [5.41, 5.74) is 5.48. The molecule has 0 bridgehead atoms. The van der Waals surface area contributed by atoms with Crippen molar-refractivity contribution in [3.63, 3.8) is 0 Å². The number of nitro groups is 1. The Labute approximate surface area is 110 Å². The van der Waals surface area contributed by atoms with Gasteiger partial charge in [0.05, 0.1) is 4.92 Å². The fourth-order valence-electron chi connectivity index (χ4n) is 2.53. The minimum absolute atomic E-state index is 0.0402. The molecule has 0 radical (unpaired) electrons. The van der Waals surface area contributed by atoms with Crippen molar-refractivity contribution >= 4 is 11.5 Å². The summed E-state index contributed by atoms with van der Waals surface area (Å²) >= 11 is 0. The summed E-state index contributed by atoms with van der Waals surface area (Å²) < 4.78 is 0. The lowest BCUT2D eigenvalue weighted by molar-refractivity contribution is -0.384. The Hall–Kier alpha value is -2.20. The van der Waals surface area contributed by atoms with Gasteiger partial charge in [-0.05, 0) is 31.9 Å². The van der Waals surface area contributed by atoms with Crippen LogP contribution in [-0.2, 0) is 0 Å². The van der Waals surface area contributed by atoms with Crippen LogP contribution >= 0.6 is 0 Å². The molecule has 0 aromatic carbocycles. The lowest BCUT2D eigenvalue weighted by Gasteiger charge is -2.22. The summed E-state index contributed by atoms with van der Waals surface area (Å²) in [6.45, 7) is 3.17. The van der Waals surface area contributed by atoms with Crippen molar-refractivity contribution in [2.75, 3.05) is 18.0 Å². The van der Waals surface area contributed by atoms with Crippen LogP contribution < -0.4 is 10.6 Å². The molecule has 2 heterocycles. The molecule has 100 valence electrons. The Morgan fingerprint density at radius 2 is 2.47 bits per heavy atom. The molecule has 2 N–H and O–H groups in total. The van der Waals surface area contributed by atoms with Gasteiger partial charge in [-0.15, -0.1) is 0 Å². The summed E-state index contributed by atoms with van der Waals surface area (Å²) in [6, 6.07) is 3.34. The van der Waals surface area contributed by atoms with E-state index in [4.69, 9.17) is 11.0 Å². The number of anilines is 1. The van der Waals surface area contributed by atoms with E-state index in [1.807, 2.05) is 17.9 Å². The third kappa shape index (κ3) is 2.35. The fraction of sp³-hybridized carbons (Fsp3) is 0.500. The third-order valence-electron chi connectivity index (χ3n) is 3.47. The largest absolute Gasteiger partial charge is 0.348 e. The van der Waals surface area contributed by atoms with Gasteiger partial charge in [0.25, 0.3) is 0 Å². The second-order valence-corrected chi connectivity index (χ2v) is 4.74. The van der Waals surface area contributed by atoms with Crippen molar-refractivity contribution in [3.8, 4) is 6.07 Å². The van der Waals surface area contributed by atoms with E-state index in [0.29, 0.717) is 19.0 Å². The molecule has 0 aliphatic carbocycles. The van der Waals surface area contributed by atoms with Gasteiger partial charge in [-0.2, -0.15) is 5.26 Å². The molecule has 2 atom stereocenters. The van der Waals surface area contributed by atoms with E-state index in [-0.39, 0.29) is 23.1 Å². The maximum Gasteiger partial charge on any atom is 0.329 e. The number of hydrogen-bond acceptors (Lipinski definition) is 6. The number of nitrogens with two attached hydrogens (primary N) is 1. The average Bonchev–Trinajstić information content (AvgIpc) is 2.78. The van der Waals surface area contributed by atoms with Crippen LogP contribution in [0.5, 0.6) is 0 Å². The standard InChI is InChI=1S/C12H15N5O2/c1-8-4-9(5-13)7-16(8)12-11(17(18)19)10(6-14)2-3-15-12/h2-3,8-9H,4-5,7,13H2,1H3. The number of aromatic nitrogens is 1. The summed E-state index contributed by atoms with van der Waals surface area (Å²) in [5, 5.41) is 20.2. The second-order valence-electron chi connectivity index (χ2n) is 4.74. The van der Waals surface area contributed by atoms with Gasteiger partial charge in [0.1, 0.15) is 11.6 Å². The number of nitriles is 1. The molecule has 0 spiro atoms. The van der Waals surface area contributed by atoms with Gasteiger partial charge in [0.2, 0.25) is 5.82 Å². The van der Waals surface area contributed by atoms with Crippen LogP contribution in [0.2, 0.25) is 0 Å². The summed E-state index contributed by atoms with van der Waals surface area (Å²) in [6.07, 6.45) is 2.31. The Morgan fingerprint density at radius 1 is 1.74 bits per heavy atom. The molecule has 1 saturated heterocycles. The molecule has 7 heteroatoms. The maximum atomic E-state index is 11.2. The van der Waals surface area contributed by atoms with Crippen LogP contribution in [0.4, 0.5) is 11.5 Å². The van der Waals surface area contributed by atoms with Crippen LogP contribution in [0, 0.1) is 27.4 Å². The van der Waals surface area contributed by atoms with Crippen LogP contribution in [0.15, 0.2) is 12.3 Å². The van der Waals surface area contributed by atoms with Gasteiger partial charge in [-0.25, -0.2) is 4.98 Å². The lowest BCUT2D eigenvalue weighted by Crippen LogP contribution is -2.29. The molecule has 1 aromatic rings. The third-order valence-corrected chi connectivity index (χ3v) is 3.47. The van der Waals surface area contributed by atoms with Crippen molar-refractivity contribution in [2.45, 2.75) is 19.4 Å². The maximum absolute atomic E-state index is 11.2. The number of nitrogens with zero attached hydrogens (tertiary/aromatic N) is 4. The minimum atomic E-state index is -0.538. The zero-order chi connectivity index (χ0) is 14.0. The zero-order valence-corrected chi connectivity index (χ0v) is 10.6. The van der Waals surface area contributed by atoms with Crippen molar-refractivity contribution in [2.24, 2.45) is 11.7 Å². The number of hydrogen-bond donors (Lipinski definition) is 1. The van der Waals surface area contributed by atoms with Crippen molar-refractivity contribution in [1.29, 1.82) is 5.26 Å². The Kier molecular flexibility index (Phi) is 3.62. The molecule has 1 aliphatic heterocycles. The van der Waals surface area contributed by atoms with Crippen molar-refractivity contribution in [3.05, 3.63) is 27.9 Å². The SMILES string of the molecule is CC1CC(CN)CN1c1nccc(C#N)c1[N+](=O)[O-]. The van der Waals surface area contributed by atoms with Gasteiger partial charge in [0, 0.05) is 18.8 Å². The Morgan fingerprint density at radius 3 is 3.00 bits per heavy atom. The number of pyridine rings is 1. The van der Waals surface area contributed by atoms with Gasteiger partial charge in [-0.1, -0.05) is 0 Å². The highest BCUT2D eigenvalue weighted by Crippen LogP contribution is 2.35. The molecule has 1 aromatic heterocycles. The number of rotatable bonds is 3. The molecule has 1 aliphatic rings. The van der Waals surface area contributed by atoms with Crippen molar-refractivity contribution in [1.82, 2.24) is 4.98 Å². The van der Waals surface area contributed by atoms with Crippen LogP contribution in [-0.4, -0.2) is 29.0 Å². The van der Waals surface area contributed by atoms with E-state index in [0.717, 1.165) is 6.42 Å². The van der Waals surface area contributed by atoms with E-state index < -0.39 is 4.92 Å². The predicted octanol–water partition coefficient (Wildman–Crippen LogP) is 1.03. The first kappa shape index (κ1) is 13.2. The van der Waals surface area contributed by atoms with Crippen LogP contribution in [0.25, 0.3) is 0 Å². The molecular formula is C12H15N5O2. The van der Waals surface area contributed by atoms with E-state index >= 15 is 0 Å². The van der Waals surface area contributed by atoms with Crippen molar-refractivity contribution < 1.29 is 4.92 Å². The zero-order valence-electron chi connectivity index (χ0n) is 10.6. The second kappa shape index (κ2) is 5.20.